The SMILES string of the molecule is Cc1cc(C)c2cc(-c3ccc(Br)cc3)c(-c3cc4ccc3CCc3ccc(cc3)CC4)nc2c1. The lowest BCUT2D eigenvalue weighted by atomic mass is 9.89. The van der Waals surface area contributed by atoms with Gasteiger partial charge in [0.2, 0.25) is 0 Å². The molecule has 4 aromatic carbocycles. The van der Waals surface area contributed by atoms with E-state index >= 15 is 0 Å². The van der Waals surface area contributed by atoms with E-state index in [1.807, 2.05) is 0 Å². The molecule has 0 amide bonds. The summed E-state index contributed by atoms with van der Waals surface area (Å²) in [7, 11) is 0. The molecule has 0 unspecified atom stereocenters. The highest BCUT2D eigenvalue weighted by molar-refractivity contribution is 9.10. The van der Waals surface area contributed by atoms with E-state index in [0.717, 1.165) is 41.4 Å². The Kier molecular flexibility index (Phi) is 5.78. The maximum atomic E-state index is 5.37. The highest BCUT2D eigenvalue weighted by atomic mass is 79.9. The van der Waals surface area contributed by atoms with Gasteiger partial charge < -0.3 is 0 Å². The molecule has 0 atom stereocenters. The van der Waals surface area contributed by atoms with Crippen molar-refractivity contribution in [3.05, 3.63) is 123 Å². The van der Waals surface area contributed by atoms with Crippen LogP contribution in [0.5, 0.6) is 0 Å². The summed E-state index contributed by atoms with van der Waals surface area (Å²) >= 11 is 3.60. The zero-order valence-corrected chi connectivity index (χ0v) is 21.8. The van der Waals surface area contributed by atoms with Crippen LogP contribution in [0.25, 0.3) is 33.3 Å². The first-order valence-electron chi connectivity index (χ1n) is 12.4. The Morgan fingerprint density at radius 3 is 2.03 bits per heavy atom. The van der Waals surface area contributed by atoms with Crippen molar-refractivity contribution in [2.45, 2.75) is 39.5 Å². The van der Waals surface area contributed by atoms with Crippen molar-refractivity contribution in [3.63, 3.8) is 0 Å². The summed E-state index contributed by atoms with van der Waals surface area (Å²) in [6, 6.07) is 31.7. The van der Waals surface area contributed by atoms with Gasteiger partial charge in [0.05, 0.1) is 11.2 Å². The zero-order chi connectivity index (χ0) is 23.9. The number of rotatable bonds is 2. The lowest BCUT2D eigenvalue weighted by molar-refractivity contribution is 0.922. The van der Waals surface area contributed by atoms with Crippen LogP contribution >= 0.6 is 15.9 Å². The minimum absolute atomic E-state index is 1.00. The molecule has 0 aliphatic heterocycles. The van der Waals surface area contributed by atoms with Gasteiger partial charge in [-0.1, -0.05) is 70.5 Å². The second kappa shape index (κ2) is 9.09. The first-order chi connectivity index (χ1) is 17.0. The quantitative estimate of drug-likeness (QED) is 0.228. The monoisotopic (exact) mass is 517 g/mol. The fourth-order valence-corrected chi connectivity index (χ4v) is 5.61. The number of pyridine rings is 1. The minimum Gasteiger partial charge on any atom is -0.247 e. The Labute approximate surface area is 216 Å². The van der Waals surface area contributed by atoms with E-state index in [1.54, 1.807) is 0 Å². The summed E-state index contributed by atoms with van der Waals surface area (Å²) in [6.45, 7) is 4.35. The molecule has 172 valence electrons. The maximum absolute atomic E-state index is 5.37. The van der Waals surface area contributed by atoms with E-state index in [9.17, 15) is 0 Å². The third kappa shape index (κ3) is 4.44. The number of hydrogen-bond acceptors (Lipinski definition) is 1. The van der Waals surface area contributed by atoms with Crippen molar-refractivity contribution in [1.82, 2.24) is 4.98 Å². The molecular formula is C33H28BrN. The minimum atomic E-state index is 1.00. The first kappa shape index (κ1) is 22.2. The molecule has 0 fully saturated rings. The van der Waals surface area contributed by atoms with Crippen LogP contribution in [0, 0.1) is 13.8 Å². The fraction of sp³-hybridized carbons (Fsp3) is 0.182. The van der Waals surface area contributed by atoms with Crippen LogP contribution in [0.1, 0.15) is 33.4 Å². The van der Waals surface area contributed by atoms with E-state index in [4.69, 9.17) is 4.98 Å². The molecule has 4 aliphatic carbocycles. The molecule has 4 aliphatic rings. The van der Waals surface area contributed by atoms with Crippen molar-refractivity contribution in [3.8, 4) is 22.4 Å². The molecule has 0 radical (unpaired) electrons. The van der Waals surface area contributed by atoms with Gasteiger partial charge >= 0.3 is 0 Å². The third-order valence-electron chi connectivity index (χ3n) is 7.28. The summed E-state index contributed by atoms with van der Waals surface area (Å²) in [6.07, 6.45) is 4.13. The van der Waals surface area contributed by atoms with Gasteiger partial charge in [-0.25, -0.2) is 4.98 Å². The predicted octanol–water partition coefficient (Wildman–Crippen LogP) is 8.83. The molecule has 9 rings (SSSR count). The molecule has 0 spiro atoms. The van der Waals surface area contributed by atoms with E-state index < -0.39 is 0 Å². The molecule has 2 heteroatoms. The standard InChI is InChI=1S/C33H28BrN/c1-21-17-22(2)29-20-31(27-13-15-28(34)16-14-27)33(35-32(29)18-21)30-19-25-8-7-23-3-5-24(6-4-23)9-11-26(30)12-10-25/h3-6,10,12-20H,7-9,11H2,1-2H3. The van der Waals surface area contributed by atoms with Crippen molar-refractivity contribution in [2.75, 3.05) is 0 Å². The summed E-state index contributed by atoms with van der Waals surface area (Å²) in [5.41, 5.74) is 13.9. The van der Waals surface area contributed by atoms with Crippen LogP contribution in [0.2, 0.25) is 0 Å². The second-order valence-electron chi connectivity index (χ2n) is 9.85. The highest BCUT2D eigenvalue weighted by Crippen LogP contribution is 2.38. The van der Waals surface area contributed by atoms with Gasteiger partial charge in [0, 0.05) is 21.0 Å². The molecule has 1 heterocycles. The molecule has 0 saturated heterocycles. The average molecular weight is 518 g/mol. The molecule has 0 N–H and O–H groups in total. The number of aryl methyl sites for hydroxylation is 6. The van der Waals surface area contributed by atoms with E-state index in [-0.39, 0.29) is 0 Å². The predicted molar refractivity (Wildman–Crippen MR) is 151 cm³/mol. The van der Waals surface area contributed by atoms with Crippen LogP contribution in [0.3, 0.4) is 0 Å². The number of aromatic nitrogens is 1. The molecule has 4 bridgehead atoms. The van der Waals surface area contributed by atoms with Gasteiger partial charge in [-0.3, -0.25) is 0 Å². The Bertz CT molecular complexity index is 1550. The van der Waals surface area contributed by atoms with Crippen LogP contribution in [0.15, 0.2) is 89.4 Å². The lowest BCUT2D eigenvalue weighted by Gasteiger charge is -2.18. The summed E-state index contributed by atoms with van der Waals surface area (Å²) < 4.78 is 1.09. The summed E-state index contributed by atoms with van der Waals surface area (Å²) in [5.74, 6) is 0. The number of benzene rings is 4. The third-order valence-corrected chi connectivity index (χ3v) is 7.81. The van der Waals surface area contributed by atoms with E-state index in [1.165, 1.54) is 55.5 Å². The van der Waals surface area contributed by atoms with Crippen LogP contribution in [0.4, 0.5) is 0 Å². The van der Waals surface area contributed by atoms with E-state index in [2.05, 4.69) is 115 Å². The topological polar surface area (TPSA) is 12.9 Å². The number of halogens is 1. The number of fused-ring (bicyclic) bond motifs is 1. The zero-order valence-electron chi connectivity index (χ0n) is 20.2. The van der Waals surface area contributed by atoms with Crippen molar-refractivity contribution in [2.24, 2.45) is 0 Å². The normalized spacial score (nSPS) is 13.1. The molecule has 0 saturated carbocycles. The maximum Gasteiger partial charge on any atom is 0.0790 e. The van der Waals surface area contributed by atoms with Crippen molar-refractivity contribution in [1.29, 1.82) is 0 Å². The number of hydrogen-bond donors (Lipinski definition) is 0. The van der Waals surface area contributed by atoms with Gasteiger partial charge in [-0.2, -0.15) is 0 Å². The van der Waals surface area contributed by atoms with Gasteiger partial charge in [0.15, 0.2) is 0 Å². The summed E-state index contributed by atoms with van der Waals surface area (Å²) in [4.78, 5) is 5.37. The number of nitrogens with zero attached hydrogens (tertiary/aromatic N) is 1. The first-order valence-corrected chi connectivity index (χ1v) is 13.2. The smallest absolute Gasteiger partial charge is 0.0790 e. The molecule has 1 aromatic heterocycles. The van der Waals surface area contributed by atoms with Gasteiger partial charge in [-0.15, -0.1) is 0 Å². The van der Waals surface area contributed by atoms with Crippen molar-refractivity contribution >= 4 is 26.8 Å². The summed E-state index contributed by atoms with van der Waals surface area (Å²) in [5, 5.41) is 1.23. The average Bonchev–Trinajstić information content (AvgIpc) is 2.85. The Morgan fingerprint density at radius 2 is 1.29 bits per heavy atom. The Hall–Kier alpha value is -3.23. The fourth-order valence-electron chi connectivity index (χ4n) is 5.34. The Morgan fingerprint density at radius 1 is 0.629 bits per heavy atom. The molecule has 35 heavy (non-hydrogen) atoms. The lowest BCUT2D eigenvalue weighted by Crippen LogP contribution is -2.02. The molecule has 1 nitrogen and oxygen atoms in total. The van der Waals surface area contributed by atoms with Gasteiger partial charge in [-0.05, 0) is 109 Å². The van der Waals surface area contributed by atoms with E-state index in [0.29, 0.717) is 0 Å². The van der Waals surface area contributed by atoms with Crippen LogP contribution < -0.4 is 0 Å². The largest absolute Gasteiger partial charge is 0.247 e. The van der Waals surface area contributed by atoms with Gasteiger partial charge in [0.25, 0.3) is 0 Å². The highest BCUT2D eigenvalue weighted by Gasteiger charge is 2.17. The van der Waals surface area contributed by atoms with Crippen LogP contribution in [-0.4, -0.2) is 4.98 Å². The molecular weight excluding hydrogens is 490 g/mol. The van der Waals surface area contributed by atoms with Crippen molar-refractivity contribution < 1.29 is 0 Å². The molecule has 5 aromatic rings. The van der Waals surface area contributed by atoms with Gasteiger partial charge in [0.1, 0.15) is 0 Å². The van der Waals surface area contributed by atoms with Crippen LogP contribution in [-0.2, 0) is 25.7 Å². The Balaban J connectivity index is 1.59. The second-order valence-corrected chi connectivity index (χ2v) is 10.8.